The van der Waals surface area contributed by atoms with Crippen LogP contribution < -0.4 is 19.7 Å². The van der Waals surface area contributed by atoms with Gasteiger partial charge in [0.15, 0.2) is 0 Å². The average Bonchev–Trinajstić information content (AvgIpc) is 3.74. The first-order valence-corrected chi connectivity index (χ1v) is 21.5. The molecule has 6 aromatic rings. The molecule has 3 atom stereocenters. The van der Waals surface area contributed by atoms with E-state index in [4.69, 9.17) is 37.9 Å². The highest BCUT2D eigenvalue weighted by atomic mass is 35.5. The molecule has 0 spiro atoms. The van der Waals surface area contributed by atoms with E-state index in [1.165, 1.54) is 11.1 Å². The maximum Gasteiger partial charge on any atom is 0.326 e. The number of carbonyl (C=O) groups excluding carboxylic acids is 2. The number of rotatable bonds is 11. The van der Waals surface area contributed by atoms with Crippen LogP contribution in [0.4, 0.5) is 5.69 Å². The predicted octanol–water partition coefficient (Wildman–Crippen LogP) is 8.91. The minimum absolute atomic E-state index is 0.00992. The van der Waals surface area contributed by atoms with Crippen molar-refractivity contribution in [3.8, 4) is 28.7 Å². The van der Waals surface area contributed by atoms with Crippen molar-refractivity contribution in [1.82, 2.24) is 10.2 Å². The van der Waals surface area contributed by atoms with Crippen LogP contribution in [0.5, 0.6) is 11.5 Å². The number of carboxylic acid groups (broad SMARTS) is 1. The van der Waals surface area contributed by atoms with Crippen LogP contribution in [0, 0.1) is 11.3 Å². The van der Waals surface area contributed by atoms with Crippen LogP contribution in [-0.4, -0.2) is 53.0 Å². The van der Waals surface area contributed by atoms with Gasteiger partial charge in [-0.1, -0.05) is 102 Å². The number of carboxylic acids is 1. The van der Waals surface area contributed by atoms with Crippen molar-refractivity contribution in [2.24, 2.45) is 0 Å². The molecular formula is C51H42Cl2N4O6. The largest absolute Gasteiger partial charge is 0.489 e. The fourth-order valence-electron chi connectivity index (χ4n) is 8.87. The minimum atomic E-state index is -1.16. The summed E-state index contributed by atoms with van der Waals surface area (Å²) >= 11 is 12.2. The molecule has 3 aliphatic rings. The smallest absolute Gasteiger partial charge is 0.326 e. The first-order valence-electron chi connectivity index (χ1n) is 20.7. The molecule has 0 radical (unpaired) electrons. The molecule has 2 N–H and O–H groups in total. The molecule has 0 saturated heterocycles. The molecular weight excluding hydrogens is 835 g/mol. The predicted molar refractivity (Wildman–Crippen MR) is 241 cm³/mol. The van der Waals surface area contributed by atoms with Gasteiger partial charge >= 0.3 is 5.97 Å². The Morgan fingerprint density at radius 2 is 1.49 bits per heavy atom. The van der Waals surface area contributed by atoms with Crippen LogP contribution in [-0.2, 0) is 53.2 Å². The second kappa shape index (κ2) is 17.6. The zero-order chi connectivity index (χ0) is 43.8. The summed E-state index contributed by atoms with van der Waals surface area (Å²) in [6.07, 6.45) is 1.06. The average molecular weight is 878 g/mol. The summed E-state index contributed by atoms with van der Waals surface area (Å²) in [5, 5.41) is 23.4. The Morgan fingerprint density at radius 3 is 2.14 bits per heavy atom. The molecule has 2 unspecified atom stereocenters. The van der Waals surface area contributed by atoms with E-state index in [0.717, 1.165) is 46.2 Å². The highest BCUT2D eigenvalue weighted by Crippen LogP contribution is 2.43. The third-order valence-corrected chi connectivity index (χ3v) is 13.1. The molecule has 316 valence electrons. The molecule has 6 aromatic carbocycles. The molecule has 10 nitrogen and oxygen atoms in total. The van der Waals surface area contributed by atoms with Crippen molar-refractivity contribution < 1.29 is 29.0 Å². The normalized spacial score (nSPS) is 17.4. The van der Waals surface area contributed by atoms with Crippen molar-refractivity contribution in [2.45, 2.75) is 63.1 Å². The number of halogens is 2. The molecule has 0 bridgehead atoms. The fourth-order valence-corrected chi connectivity index (χ4v) is 9.19. The first kappa shape index (κ1) is 41.7. The lowest BCUT2D eigenvalue weighted by Crippen LogP contribution is -2.57. The molecule has 2 amide bonds. The number of benzene rings is 6. The topological polar surface area (TPSA) is 132 Å². The number of amides is 2. The summed E-state index contributed by atoms with van der Waals surface area (Å²) in [5.74, 6) is -0.540. The molecule has 2 heterocycles. The van der Waals surface area contributed by atoms with Crippen LogP contribution >= 0.6 is 23.2 Å². The zero-order valence-corrected chi connectivity index (χ0v) is 35.8. The van der Waals surface area contributed by atoms with Crippen molar-refractivity contribution >= 4 is 46.7 Å². The summed E-state index contributed by atoms with van der Waals surface area (Å²) in [6.45, 7) is 0.727. The van der Waals surface area contributed by atoms with Crippen LogP contribution in [0.2, 0.25) is 10.0 Å². The highest BCUT2D eigenvalue weighted by Gasteiger charge is 2.41. The van der Waals surface area contributed by atoms with Gasteiger partial charge in [-0.25, -0.2) is 4.79 Å². The molecule has 9 rings (SSSR count). The third-order valence-electron chi connectivity index (χ3n) is 12.3. The van der Waals surface area contributed by atoms with Crippen molar-refractivity contribution in [3.63, 3.8) is 0 Å². The number of hydrogen-bond acceptors (Lipinski definition) is 7. The first-order chi connectivity index (χ1) is 30.5. The summed E-state index contributed by atoms with van der Waals surface area (Å²) in [7, 11) is 1.72. The number of hydrogen-bond donors (Lipinski definition) is 2. The Hall–Kier alpha value is -6.64. The Kier molecular flexibility index (Phi) is 11.7. The maximum atomic E-state index is 14.5. The van der Waals surface area contributed by atoms with Gasteiger partial charge in [0.05, 0.1) is 33.4 Å². The lowest BCUT2D eigenvalue weighted by molar-refractivity contribution is -0.143. The van der Waals surface area contributed by atoms with Gasteiger partial charge in [-0.15, -0.1) is 0 Å². The van der Waals surface area contributed by atoms with Gasteiger partial charge < -0.3 is 24.8 Å². The minimum Gasteiger partial charge on any atom is -0.489 e. The van der Waals surface area contributed by atoms with Gasteiger partial charge in [0.25, 0.3) is 5.91 Å². The molecule has 0 aromatic heterocycles. The lowest BCUT2D eigenvalue weighted by Gasteiger charge is -2.41. The number of aliphatic carboxylic acids is 1. The van der Waals surface area contributed by atoms with Crippen LogP contribution in [0.3, 0.4) is 0 Å². The summed E-state index contributed by atoms with van der Waals surface area (Å²) in [5.41, 5.74) is 9.71. The fraction of sp³-hybridized carbons (Fsp3) is 0.216. The van der Waals surface area contributed by atoms with E-state index >= 15 is 0 Å². The molecule has 12 heteroatoms. The van der Waals surface area contributed by atoms with Gasteiger partial charge in [0, 0.05) is 31.6 Å². The van der Waals surface area contributed by atoms with Gasteiger partial charge in [-0.2, -0.15) is 5.26 Å². The third kappa shape index (κ3) is 8.73. The van der Waals surface area contributed by atoms with Crippen molar-refractivity contribution in [1.29, 1.82) is 5.26 Å². The maximum absolute atomic E-state index is 14.5. The standard InChI is InChI=1S/C51H42Cl2N4O6/c1-56-45-24-38-25-46(49(58)55-44(51(60)61)21-30-6-11-33(12-7-30)34-13-8-31(27-54)9-14-34)57(40-22-36-4-2-3-5-37(36)23-40)28-39(38)26-47(45)63-48(50(56)59)35-15-17-41(18-16-35)62-29-32-10-19-42(52)43(53)20-32/h2-20,24,26,40,44,46,48H,21-23,25,28-29H2,1H3,(H,55,58)(H,60,61)/t44-,46?,48?/m0/s1. The van der Waals surface area contributed by atoms with Gasteiger partial charge in [0.1, 0.15) is 24.1 Å². The van der Waals surface area contributed by atoms with Gasteiger partial charge in [-0.05, 0) is 112 Å². The van der Waals surface area contributed by atoms with E-state index in [9.17, 15) is 19.5 Å². The van der Waals surface area contributed by atoms with Crippen molar-refractivity contribution in [2.75, 3.05) is 11.9 Å². The Balaban J connectivity index is 0.936. The van der Waals surface area contributed by atoms with Gasteiger partial charge in [-0.3, -0.25) is 14.5 Å². The number of ether oxygens (including phenoxy) is 2. The number of fused-ring (bicyclic) bond motifs is 3. The van der Waals surface area contributed by atoms with E-state index < -0.39 is 24.2 Å². The number of nitrogens with one attached hydrogen (secondary N) is 1. The highest BCUT2D eigenvalue weighted by molar-refractivity contribution is 6.42. The zero-order valence-electron chi connectivity index (χ0n) is 34.3. The number of carbonyl (C=O) groups is 3. The van der Waals surface area contributed by atoms with Crippen LogP contribution in [0.25, 0.3) is 11.1 Å². The summed E-state index contributed by atoms with van der Waals surface area (Å²) in [4.78, 5) is 44.9. The van der Waals surface area contributed by atoms with E-state index in [0.29, 0.717) is 57.9 Å². The van der Waals surface area contributed by atoms with E-state index in [1.54, 1.807) is 48.3 Å². The van der Waals surface area contributed by atoms with E-state index in [-0.39, 0.29) is 24.3 Å². The molecule has 0 saturated carbocycles. The summed E-state index contributed by atoms with van der Waals surface area (Å²) in [6, 6.07) is 40.0. The number of nitriles is 1. The van der Waals surface area contributed by atoms with Crippen LogP contribution in [0.1, 0.15) is 50.6 Å². The Labute approximate surface area is 375 Å². The van der Waals surface area contributed by atoms with Crippen molar-refractivity contribution in [3.05, 3.63) is 182 Å². The Morgan fingerprint density at radius 1 is 0.825 bits per heavy atom. The molecule has 0 fully saturated rings. The SMILES string of the molecule is CN1C(=O)C(c2ccc(OCc3ccc(Cl)c(Cl)c3)cc2)Oc2cc3c(cc21)CC(C(=O)N[C@@H](Cc1ccc(-c2ccc(C#N)cc2)cc1)C(=O)O)N(C1Cc2ccccc2C1)C3. The number of likely N-dealkylation sites (N-methyl/N-ethyl adjacent to an activating group) is 1. The monoisotopic (exact) mass is 876 g/mol. The molecule has 63 heavy (non-hydrogen) atoms. The van der Waals surface area contributed by atoms with Crippen LogP contribution in [0.15, 0.2) is 127 Å². The van der Waals surface area contributed by atoms with Gasteiger partial charge in [0.2, 0.25) is 12.0 Å². The quantitative estimate of drug-likeness (QED) is 0.132. The van der Waals surface area contributed by atoms with E-state index in [2.05, 4.69) is 28.4 Å². The lowest BCUT2D eigenvalue weighted by atomic mass is 9.89. The number of anilines is 1. The Bertz CT molecular complexity index is 2750. The second-order valence-electron chi connectivity index (χ2n) is 16.3. The molecule has 2 aliphatic heterocycles. The number of nitrogens with zero attached hydrogens (tertiary/aromatic N) is 3. The molecule has 1 aliphatic carbocycles. The second-order valence-corrected chi connectivity index (χ2v) is 17.1. The van der Waals surface area contributed by atoms with E-state index in [1.807, 2.05) is 78.9 Å². The summed E-state index contributed by atoms with van der Waals surface area (Å²) < 4.78 is 12.5.